The van der Waals surface area contributed by atoms with Crippen LogP contribution in [0, 0.1) is 0 Å². The van der Waals surface area contributed by atoms with Gasteiger partial charge in [-0.1, -0.05) is 0 Å². The maximum Gasteiger partial charge on any atom is 0.498 e. The molecular weight excluding hydrogens is 354 g/mol. The third-order valence-corrected chi connectivity index (χ3v) is 8.47. The van der Waals surface area contributed by atoms with Gasteiger partial charge in [0.1, 0.15) is 5.78 Å². The van der Waals surface area contributed by atoms with Crippen LogP contribution in [0.1, 0.15) is 25.7 Å². The Labute approximate surface area is 115 Å². The monoisotopic (exact) mass is 362 g/mol. The fourth-order valence-electron chi connectivity index (χ4n) is 2.01. The van der Waals surface area contributed by atoms with Crippen molar-refractivity contribution in [2.45, 2.75) is 40.8 Å². The van der Waals surface area contributed by atoms with Crippen molar-refractivity contribution in [3.05, 3.63) is 0 Å². The normalized spacial score (nSPS) is 21.3. The van der Waals surface area contributed by atoms with E-state index in [1.165, 1.54) is 0 Å². The van der Waals surface area contributed by atoms with Crippen LogP contribution in [0.2, 0.25) is 0 Å². The van der Waals surface area contributed by atoms with Crippen LogP contribution in [0.15, 0.2) is 0 Å². The van der Waals surface area contributed by atoms with Gasteiger partial charge in [-0.05, 0) is 12.8 Å². The van der Waals surface area contributed by atoms with Gasteiger partial charge in [0.15, 0.2) is 4.08 Å². The van der Waals surface area contributed by atoms with Crippen molar-refractivity contribution < 1.29 is 48.0 Å². The minimum absolute atomic E-state index is 0.805. The second-order valence-electron chi connectivity index (χ2n) is 4.35. The molecule has 0 amide bonds. The van der Waals surface area contributed by atoms with Gasteiger partial charge in [0.05, 0.1) is 0 Å². The molecule has 0 atom stereocenters. The predicted molar refractivity (Wildman–Crippen MR) is 56.2 cm³/mol. The molecule has 21 heavy (non-hydrogen) atoms. The number of ketones is 1. The molecule has 13 heteroatoms. The minimum atomic E-state index is -6.69. The van der Waals surface area contributed by atoms with Crippen molar-refractivity contribution in [1.29, 1.82) is 0 Å². The van der Waals surface area contributed by atoms with E-state index in [4.69, 9.17) is 0 Å². The van der Waals surface area contributed by atoms with Crippen LogP contribution in [-0.4, -0.2) is 37.7 Å². The zero-order chi connectivity index (χ0) is 16.9. The molecule has 0 bridgehead atoms. The van der Waals surface area contributed by atoms with Crippen molar-refractivity contribution in [1.82, 2.24) is 0 Å². The van der Waals surface area contributed by atoms with Crippen LogP contribution < -0.4 is 0 Å². The summed E-state index contributed by atoms with van der Waals surface area (Å²) in [4.78, 5) is 11.0. The van der Waals surface area contributed by atoms with E-state index in [-0.39, 0.29) is 0 Å². The van der Waals surface area contributed by atoms with E-state index in [1.807, 2.05) is 0 Å². The highest BCUT2D eigenvalue weighted by Gasteiger charge is 2.72. The molecule has 0 heterocycles. The number of alkyl halides is 6. The summed E-state index contributed by atoms with van der Waals surface area (Å²) in [5.74, 6) is -0.805. The van der Waals surface area contributed by atoms with Crippen LogP contribution in [-0.2, 0) is 24.5 Å². The number of Topliss-reactive ketones (excluding diaryl/α,β-unsaturated/α-hetero) is 1. The van der Waals surface area contributed by atoms with Crippen molar-refractivity contribution >= 4 is 25.5 Å². The molecule has 1 fully saturated rings. The van der Waals surface area contributed by atoms with Gasteiger partial charge in [0.2, 0.25) is 0 Å². The highest BCUT2D eigenvalue weighted by molar-refractivity contribution is 8.11. The lowest BCUT2D eigenvalue weighted by Gasteiger charge is -2.35. The van der Waals surface area contributed by atoms with Crippen LogP contribution in [0.4, 0.5) is 26.3 Å². The Morgan fingerprint density at radius 2 is 1.05 bits per heavy atom. The number of sulfone groups is 2. The third kappa shape index (κ3) is 2.53. The molecule has 0 N–H and O–H groups in total. The van der Waals surface area contributed by atoms with Gasteiger partial charge in [-0.15, -0.1) is 0 Å². The number of halogens is 6. The molecule has 0 spiro atoms. The van der Waals surface area contributed by atoms with Gasteiger partial charge in [-0.25, -0.2) is 16.8 Å². The average Bonchev–Trinajstić information content (AvgIpc) is 2.26. The lowest BCUT2D eigenvalue weighted by Crippen LogP contribution is -2.57. The lowest BCUT2D eigenvalue weighted by molar-refractivity contribution is -0.120. The highest BCUT2D eigenvalue weighted by Crippen LogP contribution is 2.50. The molecule has 0 aromatic rings. The van der Waals surface area contributed by atoms with E-state index >= 15 is 0 Å². The maximum atomic E-state index is 12.6. The Hall–Kier alpha value is -0.850. The van der Waals surface area contributed by atoms with E-state index in [1.54, 1.807) is 0 Å². The Kier molecular flexibility index (Phi) is 4.18. The summed E-state index contributed by atoms with van der Waals surface area (Å²) in [6.45, 7) is 0. The molecule has 0 aromatic heterocycles. The lowest BCUT2D eigenvalue weighted by atomic mass is 9.98. The van der Waals surface area contributed by atoms with Crippen molar-refractivity contribution in [2.24, 2.45) is 0 Å². The summed E-state index contributed by atoms with van der Waals surface area (Å²) >= 11 is 0. The number of carbonyl (C=O) groups is 1. The van der Waals surface area contributed by atoms with E-state index in [0.717, 1.165) is 0 Å². The zero-order valence-corrected chi connectivity index (χ0v) is 11.6. The molecule has 124 valence electrons. The highest BCUT2D eigenvalue weighted by atomic mass is 32.3. The van der Waals surface area contributed by atoms with Gasteiger partial charge in [0.25, 0.3) is 19.7 Å². The smallest absolute Gasteiger partial charge is 0.300 e. The van der Waals surface area contributed by atoms with E-state index < -0.39 is 66.2 Å². The Morgan fingerprint density at radius 3 is 1.29 bits per heavy atom. The standard InChI is InChI=1S/C8H8F6O5S2/c9-7(10,11)20(16,17)6(3-1-5(15)2-4-6)21(18,19)8(12,13)14/h1-4H2. The van der Waals surface area contributed by atoms with Gasteiger partial charge in [0, 0.05) is 12.8 Å². The van der Waals surface area contributed by atoms with Crippen molar-refractivity contribution in [3.8, 4) is 0 Å². The predicted octanol–water partition coefficient (Wildman–Crippen LogP) is 1.70. The molecule has 1 aliphatic rings. The van der Waals surface area contributed by atoms with E-state index in [9.17, 15) is 48.0 Å². The first-order valence-corrected chi connectivity index (χ1v) is 8.20. The first-order valence-electron chi connectivity index (χ1n) is 5.24. The molecule has 0 aliphatic heterocycles. The van der Waals surface area contributed by atoms with Gasteiger partial charge >= 0.3 is 11.0 Å². The largest absolute Gasteiger partial charge is 0.498 e. The first kappa shape index (κ1) is 18.2. The van der Waals surface area contributed by atoms with E-state index in [0.29, 0.717) is 0 Å². The average molecular weight is 362 g/mol. The Morgan fingerprint density at radius 1 is 0.762 bits per heavy atom. The summed E-state index contributed by atoms with van der Waals surface area (Å²) in [6, 6.07) is 0. The molecule has 0 radical (unpaired) electrons. The molecule has 1 saturated carbocycles. The second kappa shape index (κ2) is 4.83. The maximum absolute atomic E-state index is 12.6. The van der Waals surface area contributed by atoms with Gasteiger partial charge < -0.3 is 0 Å². The Bertz CT molecular complexity index is 586. The Balaban J connectivity index is 3.67. The fourth-order valence-corrected chi connectivity index (χ4v) is 6.06. The number of carbonyl (C=O) groups excluding carboxylic acids is 1. The van der Waals surface area contributed by atoms with Crippen LogP contribution in [0.25, 0.3) is 0 Å². The quantitative estimate of drug-likeness (QED) is 0.698. The minimum Gasteiger partial charge on any atom is -0.300 e. The number of rotatable bonds is 2. The molecule has 5 nitrogen and oxygen atoms in total. The molecule has 0 aromatic carbocycles. The van der Waals surface area contributed by atoms with Crippen molar-refractivity contribution in [3.63, 3.8) is 0 Å². The zero-order valence-electron chi connectivity index (χ0n) is 9.95. The number of hydrogen-bond donors (Lipinski definition) is 0. The first-order chi connectivity index (χ1) is 9.10. The van der Waals surface area contributed by atoms with Crippen LogP contribution in [0.5, 0.6) is 0 Å². The van der Waals surface area contributed by atoms with E-state index in [2.05, 4.69) is 0 Å². The molecular formula is C8H8F6O5S2. The number of hydrogen-bond acceptors (Lipinski definition) is 5. The third-order valence-electron chi connectivity index (χ3n) is 3.16. The summed E-state index contributed by atoms with van der Waals surface area (Å²) in [7, 11) is -13.4. The molecule has 1 aliphatic carbocycles. The second-order valence-corrected chi connectivity index (χ2v) is 9.11. The molecule has 0 saturated heterocycles. The van der Waals surface area contributed by atoms with Crippen molar-refractivity contribution in [2.75, 3.05) is 0 Å². The molecule has 1 rings (SSSR count). The fraction of sp³-hybridized carbons (Fsp3) is 0.875. The summed E-state index contributed by atoms with van der Waals surface area (Å²) in [5.41, 5.74) is -12.4. The summed E-state index contributed by atoms with van der Waals surface area (Å²) in [5, 5.41) is 0. The molecule has 0 unspecified atom stereocenters. The van der Waals surface area contributed by atoms with Crippen LogP contribution >= 0.6 is 0 Å². The van der Waals surface area contributed by atoms with Crippen LogP contribution in [0.3, 0.4) is 0 Å². The summed E-state index contributed by atoms with van der Waals surface area (Å²) in [6.07, 6.45) is -5.14. The topological polar surface area (TPSA) is 85.3 Å². The van der Waals surface area contributed by atoms with Gasteiger partial charge in [-0.3, -0.25) is 4.79 Å². The van der Waals surface area contributed by atoms with Gasteiger partial charge in [-0.2, -0.15) is 26.3 Å². The SMILES string of the molecule is O=C1CCC(S(=O)(=O)C(F)(F)F)(S(=O)(=O)C(F)(F)F)CC1. The summed E-state index contributed by atoms with van der Waals surface area (Å²) < 4.78 is 117.